The predicted molar refractivity (Wildman–Crippen MR) is 97.2 cm³/mol. The maximum Gasteiger partial charge on any atom is 0.274 e. The van der Waals surface area contributed by atoms with Crippen molar-refractivity contribution in [3.63, 3.8) is 0 Å². The van der Waals surface area contributed by atoms with Gasteiger partial charge in [-0.15, -0.1) is 0 Å². The van der Waals surface area contributed by atoms with Crippen molar-refractivity contribution in [2.45, 2.75) is 33.1 Å². The third-order valence-corrected chi connectivity index (χ3v) is 3.71. The summed E-state index contributed by atoms with van der Waals surface area (Å²) < 4.78 is 0. The van der Waals surface area contributed by atoms with Gasteiger partial charge in [-0.2, -0.15) is 0 Å². The van der Waals surface area contributed by atoms with Gasteiger partial charge in [-0.3, -0.25) is 4.79 Å². The van der Waals surface area contributed by atoms with E-state index in [1.807, 2.05) is 23.1 Å². The maximum atomic E-state index is 12.4. The minimum atomic E-state index is -0.0398. The van der Waals surface area contributed by atoms with E-state index < -0.39 is 0 Å². The lowest BCUT2D eigenvalue weighted by molar-refractivity contribution is 0.0749. The van der Waals surface area contributed by atoms with E-state index in [1.165, 1.54) is 5.56 Å². The third kappa shape index (κ3) is 5.33. The van der Waals surface area contributed by atoms with Crippen LogP contribution in [0.15, 0.2) is 42.7 Å². The van der Waals surface area contributed by atoms with Gasteiger partial charge in [0.1, 0.15) is 11.5 Å². The number of nitrogens with zero attached hydrogens (tertiary/aromatic N) is 3. The van der Waals surface area contributed by atoms with Crippen molar-refractivity contribution in [3.05, 3.63) is 54.0 Å². The summed E-state index contributed by atoms with van der Waals surface area (Å²) in [5, 5.41) is 3.24. The maximum absolute atomic E-state index is 12.4. The summed E-state index contributed by atoms with van der Waals surface area (Å²) in [5.74, 6) is 0.655. The quantitative estimate of drug-likeness (QED) is 0.767. The SMILES string of the molecule is CCCN(CCC)C(=O)c1cnc(NCCc2ccccc2)cn1. The topological polar surface area (TPSA) is 58.1 Å². The number of hydrogen-bond donors (Lipinski definition) is 1. The molecule has 0 aliphatic rings. The smallest absolute Gasteiger partial charge is 0.274 e. The number of amides is 1. The number of benzene rings is 1. The molecule has 0 atom stereocenters. The van der Waals surface area contributed by atoms with Gasteiger partial charge < -0.3 is 10.2 Å². The molecule has 0 saturated heterocycles. The Balaban J connectivity index is 1.88. The molecule has 0 bridgehead atoms. The zero-order valence-electron chi connectivity index (χ0n) is 14.5. The Labute approximate surface area is 144 Å². The van der Waals surface area contributed by atoms with E-state index >= 15 is 0 Å². The Morgan fingerprint density at radius 1 is 1.04 bits per heavy atom. The Morgan fingerprint density at radius 2 is 1.75 bits per heavy atom. The fraction of sp³-hybridized carbons (Fsp3) is 0.421. The molecule has 128 valence electrons. The highest BCUT2D eigenvalue weighted by Gasteiger charge is 2.15. The van der Waals surface area contributed by atoms with Gasteiger partial charge in [-0.05, 0) is 24.8 Å². The number of carbonyl (C=O) groups is 1. The van der Waals surface area contributed by atoms with Crippen molar-refractivity contribution in [1.29, 1.82) is 0 Å². The van der Waals surface area contributed by atoms with Crippen LogP contribution in [0.25, 0.3) is 0 Å². The van der Waals surface area contributed by atoms with E-state index in [0.717, 1.165) is 38.9 Å². The molecule has 2 rings (SSSR count). The van der Waals surface area contributed by atoms with Gasteiger partial charge in [-0.1, -0.05) is 44.2 Å². The summed E-state index contributed by atoms with van der Waals surface area (Å²) >= 11 is 0. The average molecular weight is 326 g/mol. The minimum absolute atomic E-state index is 0.0398. The first-order valence-electron chi connectivity index (χ1n) is 8.63. The molecule has 1 amide bonds. The lowest BCUT2D eigenvalue weighted by Gasteiger charge is -2.20. The highest BCUT2D eigenvalue weighted by atomic mass is 16.2. The van der Waals surface area contributed by atoms with Gasteiger partial charge in [0, 0.05) is 19.6 Å². The van der Waals surface area contributed by atoms with Crippen LogP contribution in [0, 0.1) is 0 Å². The zero-order chi connectivity index (χ0) is 17.2. The summed E-state index contributed by atoms with van der Waals surface area (Å²) in [5.41, 5.74) is 1.69. The van der Waals surface area contributed by atoms with Crippen LogP contribution in [-0.4, -0.2) is 40.4 Å². The molecule has 0 spiro atoms. The second-order valence-electron chi connectivity index (χ2n) is 5.74. The van der Waals surface area contributed by atoms with Gasteiger partial charge in [0.15, 0.2) is 0 Å². The molecule has 0 radical (unpaired) electrons. The molecule has 0 fully saturated rings. The zero-order valence-corrected chi connectivity index (χ0v) is 14.5. The second-order valence-corrected chi connectivity index (χ2v) is 5.74. The Morgan fingerprint density at radius 3 is 2.33 bits per heavy atom. The van der Waals surface area contributed by atoms with Crippen LogP contribution < -0.4 is 5.32 Å². The van der Waals surface area contributed by atoms with E-state index in [-0.39, 0.29) is 5.91 Å². The standard InChI is InChI=1S/C19H26N4O/c1-3-12-23(13-4-2)19(24)17-14-22-18(15-21-17)20-11-10-16-8-6-5-7-9-16/h5-9,14-15H,3-4,10-13H2,1-2H3,(H,20,22). The summed E-state index contributed by atoms with van der Waals surface area (Å²) in [6.07, 6.45) is 6.00. The van der Waals surface area contributed by atoms with E-state index in [0.29, 0.717) is 11.5 Å². The Kier molecular flexibility index (Phi) is 7.21. The van der Waals surface area contributed by atoms with Gasteiger partial charge in [0.25, 0.3) is 5.91 Å². The Hall–Kier alpha value is -2.43. The fourth-order valence-electron chi connectivity index (χ4n) is 2.53. The summed E-state index contributed by atoms with van der Waals surface area (Å²) in [6, 6.07) is 10.3. The normalized spacial score (nSPS) is 10.4. The number of rotatable bonds is 9. The van der Waals surface area contributed by atoms with Crippen LogP contribution in [0.1, 0.15) is 42.7 Å². The number of aromatic nitrogens is 2. The molecule has 1 aromatic heterocycles. The molecule has 1 N–H and O–H groups in total. The molecule has 0 saturated carbocycles. The van der Waals surface area contributed by atoms with Gasteiger partial charge in [-0.25, -0.2) is 9.97 Å². The fourth-order valence-corrected chi connectivity index (χ4v) is 2.53. The van der Waals surface area contributed by atoms with Crippen molar-refractivity contribution in [2.24, 2.45) is 0 Å². The van der Waals surface area contributed by atoms with Crippen LogP contribution in [0.3, 0.4) is 0 Å². The van der Waals surface area contributed by atoms with Crippen LogP contribution in [0.4, 0.5) is 5.82 Å². The van der Waals surface area contributed by atoms with Crippen molar-refractivity contribution in [2.75, 3.05) is 25.0 Å². The van der Waals surface area contributed by atoms with Crippen molar-refractivity contribution >= 4 is 11.7 Å². The molecule has 1 aromatic carbocycles. The molecule has 0 aliphatic carbocycles. The molecule has 2 aromatic rings. The van der Waals surface area contributed by atoms with Crippen LogP contribution in [0.5, 0.6) is 0 Å². The number of nitrogens with one attached hydrogen (secondary N) is 1. The van der Waals surface area contributed by atoms with Crippen molar-refractivity contribution in [3.8, 4) is 0 Å². The lowest BCUT2D eigenvalue weighted by atomic mass is 10.1. The first-order chi connectivity index (χ1) is 11.7. The monoisotopic (exact) mass is 326 g/mol. The van der Waals surface area contributed by atoms with E-state index in [4.69, 9.17) is 0 Å². The van der Waals surface area contributed by atoms with Gasteiger partial charge in [0.05, 0.1) is 12.4 Å². The Bertz CT molecular complexity index is 607. The minimum Gasteiger partial charge on any atom is -0.368 e. The molecule has 1 heterocycles. The molecule has 24 heavy (non-hydrogen) atoms. The van der Waals surface area contributed by atoms with Crippen molar-refractivity contribution < 1.29 is 4.79 Å². The summed E-state index contributed by atoms with van der Waals surface area (Å²) in [4.78, 5) is 22.9. The van der Waals surface area contributed by atoms with E-state index in [9.17, 15) is 4.79 Å². The third-order valence-electron chi connectivity index (χ3n) is 3.71. The predicted octanol–water partition coefficient (Wildman–Crippen LogP) is 3.39. The molecule has 0 aliphatic heterocycles. The largest absolute Gasteiger partial charge is 0.368 e. The highest BCUT2D eigenvalue weighted by Crippen LogP contribution is 2.07. The average Bonchev–Trinajstić information content (AvgIpc) is 2.62. The number of hydrogen-bond acceptors (Lipinski definition) is 4. The molecular formula is C19H26N4O. The second kappa shape index (κ2) is 9.65. The summed E-state index contributed by atoms with van der Waals surface area (Å²) in [7, 11) is 0. The van der Waals surface area contributed by atoms with Gasteiger partial charge in [0.2, 0.25) is 0 Å². The first kappa shape index (κ1) is 17.9. The van der Waals surface area contributed by atoms with Crippen LogP contribution >= 0.6 is 0 Å². The molecule has 5 nitrogen and oxygen atoms in total. The van der Waals surface area contributed by atoms with Gasteiger partial charge >= 0.3 is 0 Å². The number of carbonyl (C=O) groups excluding carboxylic acids is 1. The van der Waals surface area contributed by atoms with Crippen LogP contribution in [0.2, 0.25) is 0 Å². The number of anilines is 1. The summed E-state index contributed by atoms with van der Waals surface area (Å²) in [6.45, 7) is 6.43. The van der Waals surface area contributed by atoms with E-state index in [1.54, 1.807) is 12.4 Å². The molecule has 0 unspecified atom stereocenters. The molecule has 5 heteroatoms. The van der Waals surface area contributed by atoms with Crippen molar-refractivity contribution in [1.82, 2.24) is 14.9 Å². The highest BCUT2D eigenvalue weighted by molar-refractivity contribution is 5.92. The van der Waals surface area contributed by atoms with Crippen LogP contribution in [-0.2, 0) is 6.42 Å². The first-order valence-corrected chi connectivity index (χ1v) is 8.63. The molecular weight excluding hydrogens is 300 g/mol. The lowest BCUT2D eigenvalue weighted by Crippen LogP contribution is -2.33. The van der Waals surface area contributed by atoms with E-state index in [2.05, 4.69) is 41.3 Å².